The van der Waals surface area contributed by atoms with Crippen molar-refractivity contribution in [2.45, 2.75) is 11.3 Å². The highest BCUT2D eigenvalue weighted by Gasteiger charge is 2.26. The highest BCUT2D eigenvalue weighted by atomic mass is 35.5. The number of hydrogen-bond donors (Lipinski definition) is 1. The van der Waals surface area contributed by atoms with Crippen LogP contribution < -0.4 is 4.72 Å². The van der Waals surface area contributed by atoms with E-state index in [4.69, 9.17) is 11.6 Å². The van der Waals surface area contributed by atoms with Gasteiger partial charge in [0, 0.05) is 39.1 Å². The lowest BCUT2D eigenvalue weighted by Gasteiger charge is -2.35. The van der Waals surface area contributed by atoms with Gasteiger partial charge in [0.15, 0.2) is 11.6 Å². The third-order valence-corrected chi connectivity index (χ3v) is 6.68. The van der Waals surface area contributed by atoms with Crippen LogP contribution in [0.2, 0.25) is 5.02 Å². The van der Waals surface area contributed by atoms with Crippen LogP contribution in [-0.4, -0.2) is 62.8 Å². The van der Waals surface area contributed by atoms with Crippen LogP contribution in [-0.2, 0) is 14.8 Å². The summed E-state index contributed by atoms with van der Waals surface area (Å²) in [5.41, 5.74) is 0.166. The number of halogens is 4. The molecule has 1 saturated heterocycles. The van der Waals surface area contributed by atoms with E-state index in [0.717, 1.165) is 18.2 Å². The fraction of sp³-hybridized carbons (Fsp3) is 0.300. The van der Waals surface area contributed by atoms with Gasteiger partial charge in [-0.05, 0) is 36.4 Å². The van der Waals surface area contributed by atoms with E-state index in [0.29, 0.717) is 12.1 Å². The van der Waals surface area contributed by atoms with Gasteiger partial charge in [-0.1, -0.05) is 11.6 Å². The van der Waals surface area contributed by atoms with E-state index in [-0.39, 0.29) is 61.5 Å². The van der Waals surface area contributed by atoms with Gasteiger partial charge in [-0.15, -0.1) is 0 Å². The Bertz CT molecular complexity index is 1140. The highest BCUT2D eigenvalue weighted by Crippen LogP contribution is 2.20. The zero-order valence-electron chi connectivity index (χ0n) is 16.7. The zero-order valence-corrected chi connectivity index (χ0v) is 18.2. The van der Waals surface area contributed by atoms with Gasteiger partial charge in [0.1, 0.15) is 5.82 Å². The second kappa shape index (κ2) is 9.88. The SMILES string of the molecule is O=C(CCNS(=O)(=O)c1ccc(F)c(F)c1)N1CCN(C(=O)c2ccc(F)cc2Cl)CC1. The first-order chi connectivity index (χ1) is 15.1. The molecule has 0 unspecified atom stereocenters. The monoisotopic (exact) mass is 489 g/mol. The molecule has 1 heterocycles. The molecule has 0 aromatic heterocycles. The molecule has 172 valence electrons. The molecule has 1 aliphatic rings. The number of carbonyl (C=O) groups excluding carboxylic acids is 2. The summed E-state index contributed by atoms with van der Waals surface area (Å²) in [5.74, 6) is -3.72. The van der Waals surface area contributed by atoms with Gasteiger partial charge in [0.25, 0.3) is 5.91 Å². The Morgan fingerprint density at radius 1 is 0.938 bits per heavy atom. The van der Waals surface area contributed by atoms with Gasteiger partial charge >= 0.3 is 0 Å². The normalized spacial score (nSPS) is 14.5. The predicted molar refractivity (Wildman–Crippen MR) is 110 cm³/mol. The molecule has 2 aromatic rings. The number of rotatable bonds is 6. The van der Waals surface area contributed by atoms with Crippen LogP contribution in [0.25, 0.3) is 0 Å². The summed E-state index contributed by atoms with van der Waals surface area (Å²) in [6, 6.07) is 5.68. The van der Waals surface area contributed by atoms with Crippen molar-refractivity contribution >= 4 is 33.4 Å². The second-order valence-electron chi connectivity index (χ2n) is 7.02. The molecule has 0 aliphatic carbocycles. The average Bonchev–Trinajstić information content (AvgIpc) is 2.75. The zero-order chi connectivity index (χ0) is 23.5. The first-order valence-corrected chi connectivity index (χ1v) is 11.4. The van der Waals surface area contributed by atoms with Gasteiger partial charge in [-0.3, -0.25) is 9.59 Å². The first-order valence-electron chi connectivity index (χ1n) is 9.55. The standard InChI is InChI=1S/C20H19ClF3N3O4S/c21-16-11-13(22)1-3-15(16)20(29)27-9-7-26(8-10-27)19(28)5-6-25-32(30,31)14-2-4-17(23)18(24)12-14/h1-4,11-12,25H,5-10H2. The minimum absolute atomic E-state index is 0.00169. The fourth-order valence-corrected chi connectivity index (χ4v) is 4.46. The van der Waals surface area contributed by atoms with E-state index in [1.54, 1.807) is 0 Å². The third kappa shape index (κ3) is 5.59. The van der Waals surface area contributed by atoms with Crippen molar-refractivity contribution in [3.63, 3.8) is 0 Å². The molecule has 7 nitrogen and oxygen atoms in total. The minimum atomic E-state index is -4.10. The van der Waals surface area contributed by atoms with Crippen molar-refractivity contribution < 1.29 is 31.2 Å². The first kappa shape index (κ1) is 24.0. The molecule has 0 bridgehead atoms. The van der Waals surface area contributed by atoms with Gasteiger partial charge < -0.3 is 9.80 Å². The Hall–Kier alpha value is -2.63. The van der Waals surface area contributed by atoms with Gasteiger partial charge in [0.05, 0.1) is 15.5 Å². The highest BCUT2D eigenvalue weighted by molar-refractivity contribution is 7.89. The number of sulfonamides is 1. The lowest BCUT2D eigenvalue weighted by molar-refractivity contribution is -0.132. The number of hydrogen-bond acceptors (Lipinski definition) is 4. The summed E-state index contributed by atoms with van der Waals surface area (Å²) >= 11 is 5.93. The van der Waals surface area contributed by atoms with E-state index < -0.39 is 32.4 Å². The quantitative estimate of drug-likeness (QED) is 0.675. The second-order valence-corrected chi connectivity index (χ2v) is 9.19. The van der Waals surface area contributed by atoms with Crippen molar-refractivity contribution in [1.82, 2.24) is 14.5 Å². The van der Waals surface area contributed by atoms with Crippen LogP contribution in [0.5, 0.6) is 0 Å². The molecule has 3 rings (SSSR count). The Labute approximate surface area is 187 Å². The maximum atomic E-state index is 13.3. The largest absolute Gasteiger partial charge is 0.339 e. The maximum Gasteiger partial charge on any atom is 0.255 e. The van der Waals surface area contributed by atoms with E-state index in [1.807, 2.05) is 0 Å². The minimum Gasteiger partial charge on any atom is -0.339 e. The van der Waals surface area contributed by atoms with Crippen LogP contribution in [0, 0.1) is 17.5 Å². The number of amides is 2. The van der Waals surface area contributed by atoms with Gasteiger partial charge in [0.2, 0.25) is 15.9 Å². The molecule has 0 radical (unpaired) electrons. The van der Waals surface area contributed by atoms with E-state index in [9.17, 15) is 31.2 Å². The van der Waals surface area contributed by atoms with Crippen molar-refractivity contribution in [1.29, 1.82) is 0 Å². The number of benzene rings is 2. The van der Waals surface area contributed by atoms with Crippen LogP contribution >= 0.6 is 11.6 Å². The Morgan fingerprint density at radius 2 is 1.59 bits per heavy atom. The summed E-state index contributed by atoms with van der Waals surface area (Å²) in [4.78, 5) is 27.5. The summed E-state index contributed by atoms with van der Waals surface area (Å²) in [7, 11) is -4.10. The van der Waals surface area contributed by atoms with Crippen LogP contribution in [0.3, 0.4) is 0 Å². The molecular weight excluding hydrogens is 471 g/mol. The number of piperazine rings is 1. The molecule has 2 aromatic carbocycles. The van der Waals surface area contributed by atoms with Crippen molar-refractivity contribution in [2.24, 2.45) is 0 Å². The molecule has 32 heavy (non-hydrogen) atoms. The van der Waals surface area contributed by atoms with Crippen LogP contribution in [0.1, 0.15) is 16.8 Å². The van der Waals surface area contributed by atoms with Crippen molar-refractivity contribution in [3.05, 3.63) is 64.4 Å². The summed E-state index contributed by atoms with van der Waals surface area (Å²) in [6.07, 6.45) is -0.152. The Balaban J connectivity index is 1.49. The lowest BCUT2D eigenvalue weighted by atomic mass is 10.1. The van der Waals surface area contributed by atoms with E-state index in [1.165, 1.54) is 15.9 Å². The molecule has 1 aliphatic heterocycles. The molecular formula is C20H19ClF3N3O4S. The number of nitrogens with one attached hydrogen (secondary N) is 1. The summed E-state index contributed by atoms with van der Waals surface area (Å²) in [5, 5.41) is 0.00169. The van der Waals surface area contributed by atoms with Crippen molar-refractivity contribution in [2.75, 3.05) is 32.7 Å². The lowest BCUT2D eigenvalue weighted by Crippen LogP contribution is -2.51. The average molecular weight is 490 g/mol. The molecule has 12 heteroatoms. The Morgan fingerprint density at radius 3 is 2.22 bits per heavy atom. The smallest absolute Gasteiger partial charge is 0.255 e. The number of carbonyl (C=O) groups is 2. The summed E-state index contributed by atoms with van der Waals surface area (Å²) < 4.78 is 65.9. The molecule has 0 atom stereocenters. The number of nitrogens with zero attached hydrogens (tertiary/aromatic N) is 2. The molecule has 1 fully saturated rings. The molecule has 0 spiro atoms. The topological polar surface area (TPSA) is 86.8 Å². The Kier molecular flexibility index (Phi) is 7.42. The van der Waals surface area contributed by atoms with Crippen LogP contribution in [0.15, 0.2) is 41.3 Å². The van der Waals surface area contributed by atoms with E-state index >= 15 is 0 Å². The molecule has 2 amide bonds. The molecule has 1 N–H and O–H groups in total. The summed E-state index contributed by atoms with van der Waals surface area (Å²) in [6.45, 7) is 0.709. The predicted octanol–water partition coefficient (Wildman–Crippen LogP) is 2.41. The fourth-order valence-electron chi connectivity index (χ4n) is 3.17. The third-order valence-electron chi connectivity index (χ3n) is 4.91. The van der Waals surface area contributed by atoms with Gasteiger partial charge in [-0.2, -0.15) is 0 Å². The van der Waals surface area contributed by atoms with Gasteiger partial charge in [-0.25, -0.2) is 26.3 Å². The van der Waals surface area contributed by atoms with E-state index in [2.05, 4.69) is 4.72 Å². The molecule has 0 saturated carbocycles. The van der Waals surface area contributed by atoms with Crippen LogP contribution in [0.4, 0.5) is 13.2 Å². The maximum absolute atomic E-state index is 13.3. The van der Waals surface area contributed by atoms with Crippen molar-refractivity contribution in [3.8, 4) is 0 Å².